The summed E-state index contributed by atoms with van der Waals surface area (Å²) in [6, 6.07) is 34.8. The second-order valence-corrected chi connectivity index (χ2v) is 7.90. The molecule has 0 unspecified atom stereocenters. The molecule has 0 saturated carbocycles. The Morgan fingerprint density at radius 2 is 1.16 bits per heavy atom. The highest BCUT2D eigenvalue weighted by molar-refractivity contribution is 6.14. The molecule has 0 spiro atoms. The van der Waals surface area contributed by atoms with Crippen LogP contribution in [0.15, 0.2) is 108 Å². The maximum absolute atomic E-state index is 6.03. The second-order valence-electron chi connectivity index (χ2n) is 7.90. The Bertz CT molecular complexity index is 1180. The number of benzene rings is 4. The van der Waals surface area contributed by atoms with Crippen molar-refractivity contribution in [1.29, 1.82) is 0 Å². The molecule has 4 aromatic rings. The number of aryl methyl sites for hydroxylation is 1. The van der Waals surface area contributed by atoms with Crippen LogP contribution in [0.1, 0.15) is 29.5 Å². The Labute approximate surface area is 189 Å². The van der Waals surface area contributed by atoms with Gasteiger partial charge in [-0.3, -0.25) is 0 Å². The molecule has 0 aromatic heterocycles. The number of para-hydroxylation sites is 1. The molecule has 158 valence electrons. The third-order valence-electron chi connectivity index (χ3n) is 5.54. The molecular formula is C29H25NO2. The zero-order chi connectivity index (χ0) is 21.6. The molecule has 5 aliphatic rings. The molecule has 3 heteroatoms. The summed E-state index contributed by atoms with van der Waals surface area (Å²) < 4.78 is 11.9. The molecule has 5 heterocycles. The van der Waals surface area contributed by atoms with Crippen molar-refractivity contribution in [2.75, 3.05) is 6.61 Å². The van der Waals surface area contributed by atoms with Crippen LogP contribution in [0.5, 0.6) is 17.2 Å². The van der Waals surface area contributed by atoms with Crippen molar-refractivity contribution in [1.82, 2.24) is 0 Å². The van der Waals surface area contributed by atoms with E-state index in [9.17, 15) is 0 Å². The molecule has 0 saturated heterocycles. The lowest BCUT2D eigenvalue weighted by molar-refractivity contribution is 0.306. The highest BCUT2D eigenvalue weighted by Gasteiger charge is 2.09. The third-order valence-corrected chi connectivity index (χ3v) is 5.54. The number of nitrogens with zero attached hydrogens (tertiary/aromatic N) is 1. The van der Waals surface area contributed by atoms with E-state index in [1.54, 1.807) is 0 Å². The molecule has 0 fully saturated rings. The predicted molar refractivity (Wildman–Crippen MR) is 130 cm³/mol. The van der Waals surface area contributed by atoms with E-state index in [0.717, 1.165) is 59.0 Å². The van der Waals surface area contributed by atoms with Crippen LogP contribution in [0.3, 0.4) is 0 Å². The topological polar surface area (TPSA) is 30.8 Å². The van der Waals surface area contributed by atoms with E-state index in [1.807, 2.05) is 66.7 Å². The number of hydrogen-bond acceptors (Lipinski definition) is 3. The van der Waals surface area contributed by atoms with Crippen molar-refractivity contribution >= 4 is 11.4 Å². The quantitative estimate of drug-likeness (QED) is 0.323. The summed E-state index contributed by atoms with van der Waals surface area (Å²) in [4.78, 5) is 4.98. The van der Waals surface area contributed by atoms with Crippen molar-refractivity contribution in [3.05, 3.63) is 120 Å². The van der Waals surface area contributed by atoms with Crippen molar-refractivity contribution in [3.63, 3.8) is 0 Å². The van der Waals surface area contributed by atoms with E-state index >= 15 is 0 Å². The molecule has 5 aliphatic heterocycles. The lowest BCUT2D eigenvalue weighted by Gasteiger charge is -2.11. The minimum atomic E-state index is 0.716. The van der Waals surface area contributed by atoms with Gasteiger partial charge in [0.2, 0.25) is 0 Å². The third kappa shape index (κ3) is 4.89. The summed E-state index contributed by atoms with van der Waals surface area (Å²) in [5, 5.41) is 0. The van der Waals surface area contributed by atoms with Gasteiger partial charge in [-0.1, -0.05) is 42.5 Å². The van der Waals surface area contributed by atoms with Crippen LogP contribution in [-0.2, 0) is 6.42 Å². The zero-order valence-corrected chi connectivity index (χ0v) is 17.9. The Morgan fingerprint density at radius 1 is 0.562 bits per heavy atom. The Morgan fingerprint density at radius 3 is 1.84 bits per heavy atom. The fraction of sp³-hybridized carbons (Fsp3) is 0.138. The summed E-state index contributed by atoms with van der Waals surface area (Å²) in [6.07, 6.45) is 3.15. The number of fused-ring (bicyclic) bond motifs is 1. The first-order valence-electron chi connectivity index (χ1n) is 11.1. The van der Waals surface area contributed by atoms with E-state index in [1.165, 1.54) is 5.56 Å². The SMILES string of the molecule is c1ccc(N=C2c3ccc(cc3)CCCCOc3ccc(cc3)Oc3ccc2cc3)cc1. The molecule has 32 heavy (non-hydrogen) atoms. The van der Waals surface area contributed by atoms with Gasteiger partial charge in [-0.05, 0) is 85.5 Å². The van der Waals surface area contributed by atoms with Crippen molar-refractivity contribution in [2.45, 2.75) is 19.3 Å². The minimum Gasteiger partial charge on any atom is -0.494 e. The maximum Gasteiger partial charge on any atom is 0.127 e. The standard InChI is InChI=1S/C29H25NO2/c1-2-7-25(8-3-1)30-29-23-11-9-22(10-12-23)6-4-5-21-31-26-17-19-28(20-18-26)32-27-15-13-24(29)14-16-27/h1-3,7-20H,4-6,21H2. The van der Waals surface area contributed by atoms with Crippen molar-refractivity contribution < 1.29 is 9.47 Å². The summed E-state index contributed by atoms with van der Waals surface area (Å²) in [5.41, 5.74) is 5.37. The fourth-order valence-corrected chi connectivity index (χ4v) is 3.80. The lowest BCUT2D eigenvalue weighted by Crippen LogP contribution is -2.03. The molecule has 6 bridgehead atoms. The van der Waals surface area contributed by atoms with Gasteiger partial charge in [0.25, 0.3) is 0 Å². The second kappa shape index (κ2) is 9.52. The van der Waals surface area contributed by atoms with Gasteiger partial charge in [0.05, 0.1) is 18.0 Å². The average Bonchev–Trinajstić information content (AvgIpc) is 2.85. The molecule has 9 rings (SSSR count). The van der Waals surface area contributed by atoms with Crippen LogP contribution in [-0.4, -0.2) is 12.3 Å². The maximum atomic E-state index is 6.03. The van der Waals surface area contributed by atoms with Gasteiger partial charge in [0, 0.05) is 11.1 Å². The van der Waals surface area contributed by atoms with E-state index in [2.05, 4.69) is 36.4 Å². The van der Waals surface area contributed by atoms with Crippen LogP contribution < -0.4 is 9.47 Å². The first kappa shape index (κ1) is 20.1. The van der Waals surface area contributed by atoms with Crippen LogP contribution >= 0.6 is 0 Å². The molecule has 3 nitrogen and oxygen atoms in total. The van der Waals surface area contributed by atoms with Gasteiger partial charge in [0.15, 0.2) is 0 Å². The van der Waals surface area contributed by atoms with E-state index in [0.29, 0.717) is 6.61 Å². The number of hydrogen-bond donors (Lipinski definition) is 0. The molecule has 0 radical (unpaired) electrons. The van der Waals surface area contributed by atoms with Crippen LogP contribution in [0.25, 0.3) is 0 Å². The molecule has 0 atom stereocenters. The summed E-state index contributed by atoms with van der Waals surface area (Å²) >= 11 is 0. The van der Waals surface area contributed by atoms with Gasteiger partial charge in [-0.2, -0.15) is 0 Å². The van der Waals surface area contributed by atoms with Gasteiger partial charge >= 0.3 is 0 Å². The first-order chi connectivity index (χ1) is 15.8. The van der Waals surface area contributed by atoms with E-state index < -0.39 is 0 Å². The predicted octanol–water partition coefficient (Wildman–Crippen LogP) is 7.36. The molecule has 0 N–H and O–H groups in total. The molecular weight excluding hydrogens is 394 g/mol. The number of aliphatic imine (C=N–C) groups is 1. The molecule has 0 amide bonds. The molecule has 0 aliphatic carbocycles. The van der Waals surface area contributed by atoms with Crippen molar-refractivity contribution in [2.24, 2.45) is 4.99 Å². The smallest absolute Gasteiger partial charge is 0.127 e. The normalized spacial score (nSPS) is 14.9. The van der Waals surface area contributed by atoms with E-state index in [-0.39, 0.29) is 0 Å². The number of rotatable bonds is 1. The first-order valence-corrected chi connectivity index (χ1v) is 11.1. The van der Waals surface area contributed by atoms with E-state index in [4.69, 9.17) is 14.5 Å². The van der Waals surface area contributed by atoms with Crippen molar-refractivity contribution in [3.8, 4) is 17.2 Å². The average molecular weight is 420 g/mol. The zero-order valence-electron chi connectivity index (χ0n) is 17.9. The summed E-state index contributed by atoms with van der Waals surface area (Å²) in [5.74, 6) is 2.45. The summed E-state index contributed by atoms with van der Waals surface area (Å²) in [6.45, 7) is 0.716. The monoisotopic (exact) mass is 419 g/mol. The number of ether oxygens (including phenoxy) is 2. The Kier molecular flexibility index (Phi) is 5.98. The molecule has 4 aromatic carbocycles. The Balaban J connectivity index is 1.53. The minimum absolute atomic E-state index is 0.716. The van der Waals surface area contributed by atoms with Gasteiger partial charge < -0.3 is 9.47 Å². The van der Waals surface area contributed by atoms with Crippen LogP contribution in [0, 0.1) is 0 Å². The summed E-state index contributed by atoms with van der Waals surface area (Å²) in [7, 11) is 0. The highest BCUT2D eigenvalue weighted by Crippen LogP contribution is 2.26. The van der Waals surface area contributed by atoms with Crippen LogP contribution in [0.2, 0.25) is 0 Å². The largest absolute Gasteiger partial charge is 0.494 e. The highest BCUT2D eigenvalue weighted by atomic mass is 16.5. The van der Waals surface area contributed by atoms with Gasteiger partial charge in [-0.25, -0.2) is 4.99 Å². The lowest BCUT2D eigenvalue weighted by atomic mass is 9.99. The van der Waals surface area contributed by atoms with Gasteiger partial charge in [-0.15, -0.1) is 0 Å². The Hall–Kier alpha value is -3.85. The van der Waals surface area contributed by atoms with Gasteiger partial charge in [0.1, 0.15) is 17.2 Å². The van der Waals surface area contributed by atoms with Crippen LogP contribution in [0.4, 0.5) is 5.69 Å². The fourth-order valence-electron chi connectivity index (χ4n) is 3.80.